The molecule has 0 spiro atoms. The van der Waals surface area contributed by atoms with Crippen molar-refractivity contribution >= 4 is 17.3 Å². The summed E-state index contributed by atoms with van der Waals surface area (Å²) in [5.74, 6) is 0.220. The number of benzene rings is 1. The van der Waals surface area contributed by atoms with Crippen LogP contribution in [0.4, 0.5) is 14.5 Å². The standard InChI is InChI=1S/C19H22ClF2N3O2/c20-16-4-1-5-17(25-7-9-26-10-8-25)15(16)12-23-11-14-3-2-6-24-19(14)27-13-18(21)22/h1-6,18,23H,7-13H2. The molecule has 1 aromatic carbocycles. The van der Waals surface area contributed by atoms with Crippen molar-refractivity contribution in [3.05, 3.63) is 52.7 Å². The van der Waals surface area contributed by atoms with Crippen LogP contribution in [-0.4, -0.2) is 44.3 Å². The van der Waals surface area contributed by atoms with Crippen molar-refractivity contribution in [2.24, 2.45) is 0 Å². The third-order valence-corrected chi connectivity index (χ3v) is 4.61. The third-order valence-electron chi connectivity index (χ3n) is 4.26. The Morgan fingerprint density at radius 1 is 1.19 bits per heavy atom. The molecule has 1 aromatic heterocycles. The van der Waals surface area contributed by atoms with Crippen LogP contribution in [0.25, 0.3) is 0 Å². The van der Waals surface area contributed by atoms with Crippen LogP contribution in [0.3, 0.4) is 0 Å². The Bertz CT molecular complexity index is 743. The third kappa shape index (κ3) is 5.51. The first-order valence-electron chi connectivity index (χ1n) is 8.81. The van der Waals surface area contributed by atoms with Gasteiger partial charge in [-0.2, -0.15) is 0 Å². The van der Waals surface area contributed by atoms with Crippen molar-refractivity contribution in [2.75, 3.05) is 37.8 Å². The summed E-state index contributed by atoms with van der Waals surface area (Å²) in [7, 11) is 0. The molecule has 1 aliphatic heterocycles. The highest BCUT2D eigenvalue weighted by Gasteiger charge is 2.17. The molecule has 1 fully saturated rings. The van der Waals surface area contributed by atoms with Gasteiger partial charge < -0.3 is 19.7 Å². The van der Waals surface area contributed by atoms with Crippen molar-refractivity contribution in [1.82, 2.24) is 10.3 Å². The van der Waals surface area contributed by atoms with Gasteiger partial charge in [-0.3, -0.25) is 0 Å². The molecule has 27 heavy (non-hydrogen) atoms. The lowest BCUT2D eigenvalue weighted by Crippen LogP contribution is -2.37. The molecule has 0 radical (unpaired) electrons. The van der Waals surface area contributed by atoms with Crippen LogP contribution in [0, 0.1) is 0 Å². The zero-order valence-corrected chi connectivity index (χ0v) is 15.6. The Hall–Kier alpha value is -1.96. The van der Waals surface area contributed by atoms with Gasteiger partial charge in [0, 0.05) is 54.2 Å². The van der Waals surface area contributed by atoms with E-state index in [0.717, 1.165) is 29.9 Å². The number of hydrogen-bond acceptors (Lipinski definition) is 5. The Kier molecular flexibility index (Phi) is 7.20. The summed E-state index contributed by atoms with van der Waals surface area (Å²) in [6.45, 7) is 3.33. The van der Waals surface area contributed by atoms with E-state index in [-0.39, 0.29) is 5.88 Å². The zero-order chi connectivity index (χ0) is 19.1. The number of nitrogens with one attached hydrogen (secondary N) is 1. The highest BCUT2D eigenvalue weighted by atomic mass is 35.5. The summed E-state index contributed by atoms with van der Waals surface area (Å²) >= 11 is 6.43. The van der Waals surface area contributed by atoms with E-state index in [1.807, 2.05) is 12.1 Å². The SMILES string of the molecule is FC(F)COc1ncccc1CNCc1c(Cl)cccc1N1CCOCC1. The molecule has 0 saturated carbocycles. The van der Waals surface area contributed by atoms with Crippen LogP contribution in [0.2, 0.25) is 5.02 Å². The minimum atomic E-state index is -2.54. The molecule has 0 amide bonds. The number of hydrogen-bond donors (Lipinski definition) is 1. The summed E-state index contributed by atoms with van der Waals surface area (Å²) in [5, 5.41) is 4.00. The van der Waals surface area contributed by atoms with Gasteiger partial charge in [-0.25, -0.2) is 13.8 Å². The normalized spacial score (nSPS) is 14.6. The van der Waals surface area contributed by atoms with E-state index in [2.05, 4.69) is 21.3 Å². The fourth-order valence-corrected chi connectivity index (χ4v) is 3.21. The maximum Gasteiger partial charge on any atom is 0.272 e. The monoisotopic (exact) mass is 397 g/mol. The number of anilines is 1. The molecule has 0 atom stereocenters. The molecule has 5 nitrogen and oxygen atoms in total. The zero-order valence-electron chi connectivity index (χ0n) is 14.8. The largest absolute Gasteiger partial charge is 0.471 e. The van der Waals surface area contributed by atoms with Crippen molar-refractivity contribution < 1.29 is 18.3 Å². The number of pyridine rings is 1. The highest BCUT2D eigenvalue weighted by molar-refractivity contribution is 6.31. The number of halogens is 3. The predicted octanol–water partition coefficient (Wildman–Crippen LogP) is 3.51. The quantitative estimate of drug-likeness (QED) is 0.738. The van der Waals surface area contributed by atoms with Gasteiger partial charge in [-0.05, 0) is 18.2 Å². The highest BCUT2D eigenvalue weighted by Crippen LogP contribution is 2.28. The van der Waals surface area contributed by atoms with E-state index >= 15 is 0 Å². The lowest BCUT2D eigenvalue weighted by atomic mass is 10.1. The van der Waals surface area contributed by atoms with Crippen molar-refractivity contribution in [1.29, 1.82) is 0 Å². The molecular formula is C19H22ClF2N3O2. The second kappa shape index (κ2) is 9.82. The molecular weight excluding hydrogens is 376 g/mol. The summed E-state index contributed by atoms with van der Waals surface area (Å²) < 4.78 is 35.3. The first kappa shape index (κ1) is 19.8. The topological polar surface area (TPSA) is 46.6 Å². The van der Waals surface area contributed by atoms with Crippen LogP contribution in [-0.2, 0) is 17.8 Å². The Balaban J connectivity index is 1.66. The van der Waals surface area contributed by atoms with Crippen LogP contribution in [0.5, 0.6) is 5.88 Å². The second-order valence-electron chi connectivity index (χ2n) is 6.11. The van der Waals surface area contributed by atoms with Gasteiger partial charge >= 0.3 is 0 Å². The molecule has 146 valence electrons. The lowest BCUT2D eigenvalue weighted by molar-refractivity contribution is 0.0790. The van der Waals surface area contributed by atoms with Crippen LogP contribution in [0.1, 0.15) is 11.1 Å². The molecule has 3 rings (SSSR count). The predicted molar refractivity (Wildman–Crippen MR) is 101 cm³/mol. The first-order valence-corrected chi connectivity index (χ1v) is 9.18. The smallest absolute Gasteiger partial charge is 0.272 e. The van der Waals surface area contributed by atoms with Gasteiger partial charge in [0.05, 0.1) is 13.2 Å². The van der Waals surface area contributed by atoms with Gasteiger partial charge in [0.15, 0.2) is 6.61 Å². The second-order valence-corrected chi connectivity index (χ2v) is 6.52. The van der Waals surface area contributed by atoms with Crippen LogP contribution in [0.15, 0.2) is 36.5 Å². The van der Waals surface area contributed by atoms with Crippen LogP contribution < -0.4 is 15.0 Å². The molecule has 0 aliphatic carbocycles. The molecule has 2 heterocycles. The van der Waals surface area contributed by atoms with E-state index in [4.69, 9.17) is 21.1 Å². The Morgan fingerprint density at radius 2 is 2.00 bits per heavy atom. The van der Waals surface area contributed by atoms with Gasteiger partial charge in [0.2, 0.25) is 5.88 Å². The maximum absolute atomic E-state index is 12.4. The fourth-order valence-electron chi connectivity index (χ4n) is 2.98. The molecule has 1 saturated heterocycles. The lowest BCUT2D eigenvalue weighted by Gasteiger charge is -2.31. The minimum Gasteiger partial charge on any atom is -0.471 e. The van der Waals surface area contributed by atoms with Crippen molar-refractivity contribution in [3.8, 4) is 5.88 Å². The average Bonchev–Trinajstić information content (AvgIpc) is 2.69. The number of alkyl halides is 2. The van der Waals surface area contributed by atoms with E-state index in [1.165, 1.54) is 6.20 Å². The van der Waals surface area contributed by atoms with Crippen molar-refractivity contribution in [2.45, 2.75) is 19.5 Å². The Labute approximate surface area is 162 Å². The number of morpholine rings is 1. The molecule has 8 heteroatoms. The summed E-state index contributed by atoms with van der Waals surface area (Å²) in [6, 6.07) is 9.41. The van der Waals surface area contributed by atoms with Gasteiger partial charge in [-0.15, -0.1) is 0 Å². The van der Waals surface area contributed by atoms with Crippen molar-refractivity contribution in [3.63, 3.8) is 0 Å². The number of rotatable bonds is 8. The van der Waals surface area contributed by atoms with E-state index in [9.17, 15) is 8.78 Å². The summed E-state index contributed by atoms with van der Waals surface area (Å²) in [5.41, 5.74) is 2.80. The first-order chi connectivity index (χ1) is 13.1. The van der Waals surface area contributed by atoms with E-state index in [0.29, 0.717) is 31.3 Å². The molecule has 0 unspecified atom stereocenters. The van der Waals surface area contributed by atoms with Crippen LogP contribution >= 0.6 is 11.6 Å². The minimum absolute atomic E-state index is 0.220. The maximum atomic E-state index is 12.4. The van der Waals surface area contributed by atoms with Gasteiger partial charge in [-0.1, -0.05) is 23.7 Å². The number of nitrogens with zero attached hydrogens (tertiary/aromatic N) is 2. The molecule has 1 aliphatic rings. The van der Waals surface area contributed by atoms with Gasteiger partial charge in [0.25, 0.3) is 6.43 Å². The number of aromatic nitrogens is 1. The molecule has 1 N–H and O–H groups in total. The molecule has 2 aromatic rings. The van der Waals surface area contributed by atoms with E-state index in [1.54, 1.807) is 12.1 Å². The Morgan fingerprint density at radius 3 is 2.78 bits per heavy atom. The van der Waals surface area contributed by atoms with E-state index < -0.39 is 13.0 Å². The summed E-state index contributed by atoms with van der Waals surface area (Å²) in [4.78, 5) is 6.30. The van der Waals surface area contributed by atoms with Gasteiger partial charge in [0.1, 0.15) is 0 Å². The fraction of sp³-hybridized carbons (Fsp3) is 0.421. The summed E-state index contributed by atoms with van der Waals surface area (Å²) in [6.07, 6.45) is -1.01. The number of ether oxygens (including phenoxy) is 2. The molecule has 0 bridgehead atoms. The average molecular weight is 398 g/mol.